The van der Waals surface area contributed by atoms with Crippen LogP contribution in [0.2, 0.25) is 0 Å². The maximum absolute atomic E-state index is 11.1. The smallest absolute Gasteiger partial charge is 0.306 e. The molecule has 0 aliphatic heterocycles. The minimum Gasteiger partial charge on any atom is -0.493 e. The zero-order valence-electron chi connectivity index (χ0n) is 21.5. The second kappa shape index (κ2) is 11.3. The number of aliphatic carboxylic acids is 1. The van der Waals surface area contributed by atoms with Crippen LogP contribution in [0.3, 0.4) is 0 Å². The largest absolute Gasteiger partial charge is 0.493 e. The van der Waals surface area contributed by atoms with E-state index in [0.717, 1.165) is 44.4 Å². The summed E-state index contributed by atoms with van der Waals surface area (Å²) >= 11 is 0. The minimum absolute atomic E-state index is 0.438. The summed E-state index contributed by atoms with van der Waals surface area (Å²) < 4.78 is 23.2. The molecule has 0 aliphatic rings. The van der Waals surface area contributed by atoms with Gasteiger partial charge in [0.05, 0.1) is 26.2 Å². The van der Waals surface area contributed by atoms with Crippen LogP contribution in [-0.4, -0.2) is 31.4 Å². The summed E-state index contributed by atoms with van der Waals surface area (Å²) in [6.45, 7) is 2.67. The normalized spacial score (nSPS) is 11.9. The van der Waals surface area contributed by atoms with Gasteiger partial charge in [-0.05, 0) is 65.6 Å². The lowest BCUT2D eigenvalue weighted by Gasteiger charge is -2.13. The van der Waals surface area contributed by atoms with Gasteiger partial charge in [0.15, 0.2) is 11.5 Å². The third-order valence-corrected chi connectivity index (χ3v) is 6.57. The molecule has 0 bridgehead atoms. The van der Waals surface area contributed by atoms with Gasteiger partial charge in [0.1, 0.15) is 16.9 Å². The Bertz CT molecular complexity index is 1550. The van der Waals surface area contributed by atoms with Crippen molar-refractivity contribution >= 4 is 27.9 Å². The second-order valence-corrected chi connectivity index (χ2v) is 9.31. The molecule has 4 aromatic carbocycles. The zero-order valence-corrected chi connectivity index (χ0v) is 21.5. The van der Waals surface area contributed by atoms with E-state index in [9.17, 15) is 4.79 Å². The van der Waals surface area contributed by atoms with Gasteiger partial charge < -0.3 is 23.7 Å². The van der Waals surface area contributed by atoms with E-state index in [4.69, 9.17) is 23.7 Å². The molecule has 0 radical (unpaired) electrons. The van der Waals surface area contributed by atoms with Gasteiger partial charge in [0.25, 0.3) is 0 Å². The van der Waals surface area contributed by atoms with E-state index in [1.165, 1.54) is 0 Å². The average Bonchev–Trinajstić information content (AvgIpc) is 3.31. The van der Waals surface area contributed by atoms with Gasteiger partial charge in [-0.3, -0.25) is 4.79 Å². The highest BCUT2D eigenvalue weighted by molar-refractivity contribution is 6.05. The van der Waals surface area contributed by atoms with E-state index >= 15 is 0 Å². The van der Waals surface area contributed by atoms with Crippen LogP contribution in [0.25, 0.3) is 33.1 Å². The molecule has 0 aliphatic carbocycles. The number of ether oxygens (including phenoxy) is 3. The highest BCUT2D eigenvalue weighted by Gasteiger charge is 2.14. The van der Waals surface area contributed by atoms with Gasteiger partial charge in [-0.15, -0.1) is 0 Å². The molecule has 6 nitrogen and oxygen atoms in total. The summed E-state index contributed by atoms with van der Waals surface area (Å²) in [5.41, 5.74) is 4.86. The topological polar surface area (TPSA) is 78.1 Å². The van der Waals surface area contributed by atoms with Crippen molar-refractivity contribution in [2.45, 2.75) is 19.8 Å². The van der Waals surface area contributed by atoms with E-state index in [2.05, 4.69) is 24.3 Å². The molecule has 1 unspecified atom stereocenters. The third kappa shape index (κ3) is 5.59. The van der Waals surface area contributed by atoms with Crippen molar-refractivity contribution in [2.24, 2.45) is 5.92 Å². The minimum atomic E-state index is -0.817. The Morgan fingerprint density at radius 2 is 1.55 bits per heavy atom. The molecule has 1 atom stereocenters. The van der Waals surface area contributed by atoms with Crippen LogP contribution < -0.4 is 14.2 Å². The summed E-state index contributed by atoms with van der Waals surface area (Å²) in [7, 11) is 1.58. The lowest BCUT2D eigenvalue weighted by molar-refractivity contribution is -0.141. The fourth-order valence-corrected chi connectivity index (χ4v) is 4.48. The first-order valence-corrected chi connectivity index (χ1v) is 12.7. The quantitative estimate of drug-likeness (QED) is 0.187. The van der Waals surface area contributed by atoms with Crippen molar-refractivity contribution in [3.63, 3.8) is 0 Å². The molecule has 5 rings (SSSR count). The van der Waals surface area contributed by atoms with Crippen LogP contribution in [0.1, 0.15) is 18.9 Å². The van der Waals surface area contributed by atoms with Crippen molar-refractivity contribution in [3.8, 4) is 28.4 Å². The predicted molar refractivity (Wildman–Crippen MR) is 148 cm³/mol. The van der Waals surface area contributed by atoms with Crippen molar-refractivity contribution in [1.82, 2.24) is 0 Å². The standard InChI is InChI=1S/C32H30O6/c1-21(32(33)34)18-22-8-15-29(31(19-22)35-2)37-17-5-16-36-25-12-9-23(10-13-25)24-11-14-27-26-6-3-4-7-28(26)38-30(27)20-24/h3-4,6-15,19-21H,5,16-18H2,1-2H3,(H,33,34). The van der Waals surface area contributed by atoms with Crippen molar-refractivity contribution in [3.05, 3.63) is 90.5 Å². The van der Waals surface area contributed by atoms with Gasteiger partial charge in [0.2, 0.25) is 0 Å². The lowest BCUT2D eigenvalue weighted by Crippen LogP contribution is -2.12. The number of carboxylic acid groups (broad SMARTS) is 1. The van der Waals surface area contributed by atoms with E-state index in [-0.39, 0.29) is 0 Å². The summed E-state index contributed by atoms with van der Waals surface area (Å²) in [6.07, 6.45) is 1.14. The van der Waals surface area contributed by atoms with Gasteiger partial charge in [-0.1, -0.05) is 49.4 Å². The van der Waals surface area contributed by atoms with E-state index < -0.39 is 11.9 Å². The number of hydrogen-bond acceptors (Lipinski definition) is 5. The van der Waals surface area contributed by atoms with Crippen molar-refractivity contribution in [1.29, 1.82) is 0 Å². The van der Waals surface area contributed by atoms with Crippen LogP contribution in [0, 0.1) is 5.92 Å². The molecule has 38 heavy (non-hydrogen) atoms. The van der Waals surface area contributed by atoms with Gasteiger partial charge in [0, 0.05) is 17.2 Å². The number of carbonyl (C=O) groups is 1. The number of carboxylic acids is 1. The number of para-hydroxylation sites is 1. The Labute approximate surface area is 221 Å². The fraction of sp³-hybridized carbons (Fsp3) is 0.219. The zero-order chi connectivity index (χ0) is 26.5. The Morgan fingerprint density at radius 1 is 0.816 bits per heavy atom. The molecule has 0 saturated carbocycles. The Balaban J connectivity index is 1.13. The molecule has 0 spiro atoms. The number of furan rings is 1. The number of rotatable bonds is 11. The molecule has 1 heterocycles. The molecule has 6 heteroatoms. The third-order valence-electron chi connectivity index (χ3n) is 6.57. The summed E-state index contributed by atoms with van der Waals surface area (Å²) in [5.74, 6) is 0.747. The molecule has 0 fully saturated rings. The first-order chi connectivity index (χ1) is 18.5. The van der Waals surface area contributed by atoms with Crippen LogP contribution in [-0.2, 0) is 11.2 Å². The first-order valence-electron chi connectivity index (χ1n) is 12.7. The molecule has 1 aromatic heterocycles. The van der Waals surface area contributed by atoms with Gasteiger partial charge in [-0.25, -0.2) is 0 Å². The SMILES string of the molecule is COc1cc(CC(C)C(=O)O)ccc1OCCCOc1ccc(-c2ccc3c(c2)oc2ccccc23)cc1. The first kappa shape index (κ1) is 25.2. The molecular formula is C32H30O6. The molecule has 0 saturated heterocycles. The number of hydrogen-bond donors (Lipinski definition) is 1. The monoisotopic (exact) mass is 510 g/mol. The summed E-state index contributed by atoms with van der Waals surface area (Å²) in [5, 5.41) is 11.4. The van der Waals surface area contributed by atoms with Crippen LogP contribution >= 0.6 is 0 Å². The Morgan fingerprint density at radius 3 is 2.34 bits per heavy atom. The molecule has 1 N–H and O–H groups in total. The lowest BCUT2D eigenvalue weighted by atomic mass is 10.0. The molecular weight excluding hydrogens is 480 g/mol. The van der Waals surface area contributed by atoms with Gasteiger partial charge >= 0.3 is 5.97 Å². The van der Waals surface area contributed by atoms with Crippen LogP contribution in [0.15, 0.2) is 89.3 Å². The molecule has 0 amide bonds. The number of methoxy groups -OCH3 is 1. The summed E-state index contributed by atoms with van der Waals surface area (Å²) in [6, 6.07) is 28.0. The Kier molecular flexibility index (Phi) is 7.50. The fourth-order valence-electron chi connectivity index (χ4n) is 4.48. The van der Waals surface area contributed by atoms with E-state index in [0.29, 0.717) is 37.6 Å². The van der Waals surface area contributed by atoms with E-state index in [1.807, 2.05) is 60.7 Å². The van der Waals surface area contributed by atoms with Crippen LogP contribution in [0.4, 0.5) is 0 Å². The molecule has 5 aromatic rings. The molecule has 194 valence electrons. The number of fused-ring (bicyclic) bond motifs is 3. The highest BCUT2D eigenvalue weighted by Crippen LogP contribution is 2.33. The maximum atomic E-state index is 11.1. The van der Waals surface area contributed by atoms with E-state index in [1.54, 1.807) is 14.0 Å². The van der Waals surface area contributed by atoms with Crippen LogP contribution in [0.5, 0.6) is 17.2 Å². The number of benzene rings is 4. The summed E-state index contributed by atoms with van der Waals surface area (Å²) in [4.78, 5) is 11.1. The maximum Gasteiger partial charge on any atom is 0.306 e. The average molecular weight is 511 g/mol. The van der Waals surface area contributed by atoms with Gasteiger partial charge in [-0.2, -0.15) is 0 Å². The second-order valence-electron chi connectivity index (χ2n) is 9.31. The predicted octanol–water partition coefficient (Wildman–Crippen LogP) is 7.37. The highest BCUT2D eigenvalue weighted by atomic mass is 16.5. The van der Waals surface area contributed by atoms with Crippen molar-refractivity contribution in [2.75, 3.05) is 20.3 Å². The Hall–Kier alpha value is -4.45. The van der Waals surface area contributed by atoms with Crippen molar-refractivity contribution < 1.29 is 28.5 Å².